The molecule has 0 atom stereocenters. The lowest BCUT2D eigenvalue weighted by Crippen LogP contribution is -2.08. The molecule has 0 fully saturated rings. The number of halogens is 2. The number of rotatable bonds is 4. The molecule has 0 aliphatic heterocycles. The SMILES string of the molecule is CC(=O)c1cccc(NC(=O)/C=C/c2cc(Br)ccc2F)c1. The zero-order chi connectivity index (χ0) is 16.1. The number of carbonyl (C=O) groups excluding carboxylic acids is 2. The third kappa shape index (κ3) is 4.36. The molecule has 0 saturated heterocycles. The third-order valence-electron chi connectivity index (χ3n) is 2.91. The number of amides is 1. The summed E-state index contributed by atoms with van der Waals surface area (Å²) in [5, 5.41) is 2.63. The molecule has 0 heterocycles. The highest BCUT2D eigenvalue weighted by Gasteiger charge is 2.04. The van der Waals surface area contributed by atoms with E-state index in [1.807, 2.05) is 0 Å². The molecule has 112 valence electrons. The van der Waals surface area contributed by atoms with Gasteiger partial charge < -0.3 is 5.32 Å². The smallest absolute Gasteiger partial charge is 0.248 e. The lowest BCUT2D eigenvalue weighted by molar-refractivity contribution is -0.111. The summed E-state index contributed by atoms with van der Waals surface area (Å²) < 4.78 is 14.3. The maximum Gasteiger partial charge on any atom is 0.248 e. The van der Waals surface area contributed by atoms with E-state index in [0.717, 1.165) is 4.47 Å². The predicted octanol–water partition coefficient (Wildman–Crippen LogP) is 4.44. The second kappa shape index (κ2) is 7.13. The minimum Gasteiger partial charge on any atom is -0.322 e. The summed E-state index contributed by atoms with van der Waals surface area (Å²) in [4.78, 5) is 23.1. The molecule has 0 unspecified atom stereocenters. The van der Waals surface area contributed by atoms with Crippen LogP contribution in [0.4, 0.5) is 10.1 Å². The molecule has 0 aliphatic carbocycles. The fourth-order valence-corrected chi connectivity index (χ4v) is 2.19. The summed E-state index contributed by atoms with van der Waals surface area (Å²) in [5.41, 5.74) is 1.33. The molecule has 0 aromatic heterocycles. The highest BCUT2D eigenvalue weighted by atomic mass is 79.9. The lowest BCUT2D eigenvalue weighted by atomic mass is 10.1. The zero-order valence-corrected chi connectivity index (χ0v) is 13.4. The highest BCUT2D eigenvalue weighted by Crippen LogP contribution is 2.17. The van der Waals surface area contributed by atoms with Crippen LogP contribution < -0.4 is 5.32 Å². The lowest BCUT2D eigenvalue weighted by Gasteiger charge is -2.04. The Kier molecular flexibility index (Phi) is 5.22. The predicted molar refractivity (Wildman–Crippen MR) is 88.2 cm³/mol. The Labute approximate surface area is 136 Å². The molecule has 1 amide bonds. The summed E-state index contributed by atoms with van der Waals surface area (Å²) >= 11 is 3.25. The molecule has 22 heavy (non-hydrogen) atoms. The number of Topliss-reactive ketones (excluding diaryl/α,β-unsaturated/α-hetero) is 1. The van der Waals surface area contributed by atoms with Crippen molar-refractivity contribution in [2.75, 3.05) is 5.32 Å². The van der Waals surface area contributed by atoms with Crippen LogP contribution in [-0.2, 0) is 4.79 Å². The standard InChI is InChI=1S/C17H13BrFNO2/c1-11(21)12-3-2-4-15(10-12)20-17(22)8-5-13-9-14(18)6-7-16(13)19/h2-10H,1H3,(H,20,22)/b8-5+. The monoisotopic (exact) mass is 361 g/mol. The van der Waals surface area contributed by atoms with Gasteiger partial charge in [0.1, 0.15) is 5.82 Å². The summed E-state index contributed by atoms with van der Waals surface area (Å²) in [6, 6.07) is 11.1. The van der Waals surface area contributed by atoms with E-state index < -0.39 is 11.7 Å². The van der Waals surface area contributed by atoms with Crippen molar-refractivity contribution < 1.29 is 14.0 Å². The van der Waals surface area contributed by atoms with Crippen LogP contribution in [0.1, 0.15) is 22.8 Å². The molecular weight excluding hydrogens is 349 g/mol. The average Bonchev–Trinajstić information content (AvgIpc) is 2.48. The number of ketones is 1. The molecule has 3 nitrogen and oxygen atoms in total. The summed E-state index contributed by atoms with van der Waals surface area (Å²) in [7, 11) is 0. The first-order valence-electron chi connectivity index (χ1n) is 6.51. The fourth-order valence-electron chi connectivity index (χ4n) is 1.81. The second-order valence-corrected chi connectivity index (χ2v) is 5.54. The molecule has 0 spiro atoms. The van der Waals surface area contributed by atoms with Crippen molar-refractivity contribution in [3.05, 3.63) is 70.0 Å². The number of carbonyl (C=O) groups is 2. The van der Waals surface area contributed by atoms with E-state index in [1.54, 1.807) is 36.4 Å². The quantitative estimate of drug-likeness (QED) is 0.646. The van der Waals surface area contributed by atoms with Gasteiger partial charge in [0.15, 0.2) is 5.78 Å². The van der Waals surface area contributed by atoms with Crippen molar-refractivity contribution in [2.45, 2.75) is 6.92 Å². The average molecular weight is 362 g/mol. The maximum absolute atomic E-state index is 13.5. The molecule has 0 radical (unpaired) electrons. The molecule has 2 rings (SSSR count). The third-order valence-corrected chi connectivity index (χ3v) is 3.40. The molecule has 2 aromatic rings. The van der Waals surface area contributed by atoms with Gasteiger partial charge in [-0.3, -0.25) is 9.59 Å². The van der Waals surface area contributed by atoms with Crippen molar-refractivity contribution in [1.82, 2.24) is 0 Å². The normalized spacial score (nSPS) is 10.7. The van der Waals surface area contributed by atoms with Crippen molar-refractivity contribution in [3.8, 4) is 0 Å². The van der Waals surface area contributed by atoms with Gasteiger partial charge in [-0.15, -0.1) is 0 Å². The Bertz CT molecular complexity index is 756. The largest absolute Gasteiger partial charge is 0.322 e. The first kappa shape index (κ1) is 16.1. The van der Waals surface area contributed by atoms with Gasteiger partial charge >= 0.3 is 0 Å². The highest BCUT2D eigenvalue weighted by molar-refractivity contribution is 9.10. The Morgan fingerprint density at radius 2 is 1.95 bits per heavy atom. The van der Waals surface area contributed by atoms with Crippen LogP contribution in [0.3, 0.4) is 0 Å². The zero-order valence-electron chi connectivity index (χ0n) is 11.8. The molecular formula is C17H13BrFNO2. The van der Waals surface area contributed by atoms with E-state index in [4.69, 9.17) is 0 Å². The van der Waals surface area contributed by atoms with E-state index >= 15 is 0 Å². The molecule has 1 N–H and O–H groups in total. The van der Waals surface area contributed by atoms with Gasteiger partial charge in [-0.1, -0.05) is 28.1 Å². The Balaban J connectivity index is 2.10. The van der Waals surface area contributed by atoms with Crippen LogP contribution in [0, 0.1) is 5.82 Å². The first-order chi connectivity index (χ1) is 10.5. The van der Waals surface area contributed by atoms with Crippen LogP contribution in [0.25, 0.3) is 6.08 Å². The van der Waals surface area contributed by atoms with E-state index in [2.05, 4.69) is 21.2 Å². The van der Waals surface area contributed by atoms with E-state index in [-0.39, 0.29) is 5.78 Å². The number of hydrogen-bond acceptors (Lipinski definition) is 2. The molecule has 2 aromatic carbocycles. The fraction of sp³-hybridized carbons (Fsp3) is 0.0588. The van der Waals surface area contributed by atoms with Crippen LogP contribution in [-0.4, -0.2) is 11.7 Å². The molecule has 0 aliphatic rings. The van der Waals surface area contributed by atoms with Crippen LogP contribution >= 0.6 is 15.9 Å². The van der Waals surface area contributed by atoms with Crippen molar-refractivity contribution in [1.29, 1.82) is 0 Å². The first-order valence-corrected chi connectivity index (χ1v) is 7.30. The van der Waals surface area contributed by atoms with Gasteiger partial charge in [0.25, 0.3) is 0 Å². The van der Waals surface area contributed by atoms with Crippen molar-refractivity contribution in [3.63, 3.8) is 0 Å². The van der Waals surface area contributed by atoms with E-state index in [9.17, 15) is 14.0 Å². The summed E-state index contributed by atoms with van der Waals surface area (Å²) in [6.07, 6.45) is 2.63. The second-order valence-electron chi connectivity index (χ2n) is 4.63. The Morgan fingerprint density at radius 3 is 2.68 bits per heavy atom. The molecule has 0 bridgehead atoms. The summed E-state index contributed by atoms with van der Waals surface area (Å²) in [5.74, 6) is -0.895. The number of hydrogen-bond donors (Lipinski definition) is 1. The van der Waals surface area contributed by atoms with Crippen LogP contribution in [0.2, 0.25) is 0 Å². The molecule has 5 heteroatoms. The van der Waals surface area contributed by atoms with Gasteiger partial charge in [0.05, 0.1) is 0 Å². The Morgan fingerprint density at radius 1 is 1.18 bits per heavy atom. The number of anilines is 1. The van der Waals surface area contributed by atoms with Crippen LogP contribution in [0.5, 0.6) is 0 Å². The van der Waals surface area contributed by atoms with E-state index in [0.29, 0.717) is 16.8 Å². The number of benzene rings is 2. The summed E-state index contributed by atoms with van der Waals surface area (Å²) in [6.45, 7) is 1.46. The van der Waals surface area contributed by atoms with Gasteiger partial charge in [-0.2, -0.15) is 0 Å². The Hall–Kier alpha value is -2.27. The van der Waals surface area contributed by atoms with Gasteiger partial charge in [-0.25, -0.2) is 4.39 Å². The van der Waals surface area contributed by atoms with Gasteiger partial charge in [0, 0.05) is 27.4 Å². The minimum absolute atomic E-state index is 0.0807. The van der Waals surface area contributed by atoms with Crippen LogP contribution in [0.15, 0.2) is 53.0 Å². The minimum atomic E-state index is -0.411. The van der Waals surface area contributed by atoms with Gasteiger partial charge in [-0.05, 0) is 43.3 Å². The van der Waals surface area contributed by atoms with Gasteiger partial charge in [0.2, 0.25) is 5.91 Å². The number of nitrogens with one attached hydrogen (secondary N) is 1. The van der Waals surface area contributed by atoms with Crippen molar-refractivity contribution in [2.24, 2.45) is 0 Å². The maximum atomic E-state index is 13.5. The van der Waals surface area contributed by atoms with Crippen molar-refractivity contribution >= 4 is 39.4 Å². The topological polar surface area (TPSA) is 46.2 Å². The van der Waals surface area contributed by atoms with E-state index in [1.165, 1.54) is 25.1 Å². The molecule has 0 saturated carbocycles.